The van der Waals surface area contributed by atoms with Crippen LogP contribution in [0.1, 0.15) is 57.4 Å². The highest BCUT2D eigenvalue weighted by Gasteiger charge is 2.29. The van der Waals surface area contributed by atoms with E-state index in [4.69, 9.17) is 15.2 Å². The highest BCUT2D eigenvalue weighted by Crippen LogP contribution is 2.23. The Balaban J connectivity index is 1.33. The number of benzene rings is 1. The molecule has 1 aromatic carbocycles. The molecule has 0 aromatic heterocycles. The fourth-order valence-electron chi connectivity index (χ4n) is 4.82. The van der Waals surface area contributed by atoms with E-state index in [0.717, 1.165) is 37.7 Å². The van der Waals surface area contributed by atoms with Crippen LogP contribution in [-0.4, -0.2) is 78.5 Å². The van der Waals surface area contributed by atoms with Gasteiger partial charge in [-0.25, -0.2) is 4.79 Å². The number of ether oxygens (including phenoxy) is 2. The van der Waals surface area contributed by atoms with Crippen LogP contribution >= 0.6 is 0 Å². The second-order valence-corrected chi connectivity index (χ2v) is 9.81. The van der Waals surface area contributed by atoms with E-state index in [1.807, 2.05) is 30.3 Å². The lowest BCUT2D eigenvalue weighted by Crippen LogP contribution is -2.53. The van der Waals surface area contributed by atoms with Crippen LogP contribution in [-0.2, 0) is 30.5 Å². The van der Waals surface area contributed by atoms with E-state index in [1.54, 1.807) is 16.7 Å². The van der Waals surface area contributed by atoms with Crippen LogP contribution in [0, 0.1) is 5.92 Å². The fourth-order valence-corrected chi connectivity index (χ4v) is 4.82. The molecule has 2 atom stereocenters. The summed E-state index contributed by atoms with van der Waals surface area (Å²) in [5.74, 6) is -0.426. The maximum absolute atomic E-state index is 12.9. The first-order valence-electron chi connectivity index (χ1n) is 13.3. The molecule has 10 heteroatoms. The van der Waals surface area contributed by atoms with Crippen LogP contribution in [0.15, 0.2) is 30.3 Å². The lowest BCUT2D eigenvalue weighted by atomic mass is 9.92. The van der Waals surface area contributed by atoms with E-state index in [9.17, 15) is 19.2 Å². The van der Waals surface area contributed by atoms with Crippen molar-refractivity contribution < 1.29 is 28.7 Å². The summed E-state index contributed by atoms with van der Waals surface area (Å²) in [5, 5.41) is 2.88. The van der Waals surface area contributed by atoms with Gasteiger partial charge in [-0.3, -0.25) is 14.4 Å². The highest BCUT2D eigenvalue weighted by molar-refractivity contribution is 5.86. The zero-order chi connectivity index (χ0) is 26.6. The van der Waals surface area contributed by atoms with Gasteiger partial charge in [0.05, 0.1) is 19.1 Å². The Hall–Kier alpha value is -3.14. The molecule has 10 nitrogen and oxygen atoms in total. The Morgan fingerprint density at radius 3 is 2.46 bits per heavy atom. The van der Waals surface area contributed by atoms with Crippen LogP contribution in [0.2, 0.25) is 0 Å². The lowest BCUT2D eigenvalue weighted by molar-refractivity contribution is -0.145. The molecule has 3 amide bonds. The predicted octanol–water partition coefficient (Wildman–Crippen LogP) is 2.20. The van der Waals surface area contributed by atoms with Gasteiger partial charge < -0.3 is 30.3 Å². The molecule has 1 aromatic rings. The van der Waals surface area contributed by atoms with Crippen molar-refractivity contribution >= 4 is 23.9 Å². The van der Waals surface area contributed by atoms with Crippen LogP contribution < -0.4 is 11.1 Å². The van der Waals surface area contributed by atoms with Crippen molar-refractivity contribution in [1.82, 2.24) is 15.1 Å². The van der Waals surface area contributed by atoms with Gasteiger partial charge >= 0.3 is 12.1 Å². The molecule has 2 fully saturated rings. The lowest BCUT2D eigenvalue weighted by Gasteiger charge is -2.34. The van der Waals surface area contributed by atoms with Crippen LogP contribution in [0.3, 0.4) is 0 Å². The van der Waals surface area contributed by atoms with Gasteiger partial charge in [-0.15, -0.1) is 0 Å². The minimum Gasteiger partial charge on any atom is -0.466 e. The number of esters is 1. The van der Waals surface area contributed by atoms with E-state index < -0.39 is 17.9 Å². The number of nitrogens with two attached hydrogens (primary N) is 1. The number of likely N-dealkylation sites (tertiary alicyclic amines) is 2. The van der Waals surface area contributed by atoms with Crippen LogP contribution in [0.5, 0.6) is 0 Å². The van der Waals surface area contributed by atoms with Crippen molar-refractivity contribution in [3.8, 4) is 0 Å². The molecule has 0 spiro atoms. The number of nitrogens with zero attached hydrogens (tertiary/aromatic N) is 2. The van der Waals surface area contributed by atoms with Crippen molar-refractivity contribution in [2.24, 2.45) is 11.7 Å². The molecular formula is C27H40N4O6. The minimum absolute atomic E-state index is 0.0828. The molecule has 3 rings (SSSR count). The van der Waals surface area contributed by atoms with Gasteiger partial charge in [0, 0.05) is 38.6 Å². The third kappa shape index (κ3) is 9.35. The Morgan fingerprint density at radius 2 is 1.76 bits per heavy atom. The molecular weight excluding hydrogens is 476 g/mol. The fraction of sp³-hybridized carbons (Fsp3) is 0.630. The number of amides is 3. The normalized spacial score (nSPS) is 19.1. The smallest absolute Gasteiger partial charge is 0.410 e. The Labute approximate surface area is 218 Å². The van der Waals surface area contributed by atoms with Crippen LogP contribution in [0.4, 0.5) is 4.79 Å². The molecule has 37 heavy (non-hydrogen) atoms. The molecule has 2 aliphatic rings. The summed E-state index contributed by atoms with van der Waals surface area (Å²) in [6.07, 6.45) is 4.04. The van der Waals surface area contributed by atoms with Gasteiger partial charge in [0.15, 0.2) is 0 Å². The zero-order valence-electron chi connectivity index (χ0n) is 21.7. The van der Waals surface area contributed by atoms with Gasteiger partial charge in [-0.1, -0.05) is 30.3 Å². The van der Waals surface area contributed by atoms with E-state index in [1.165, 1.54) is 0 Å². The number of piperidine rings is 2. The number of hydrogen-bond donors (Lipinski definition) is 2. The van der Waals surface area contributed by atoms with Crippen molar-refractivity contribution in [2.75, 3.05) is 32.8 Å². The molecule has 0 bridgehead atoms. The van der Waals surface area contributed by atoms with Gasteiger partial charge in [0.25, 0.3) is 0 Å². The number of carbonyl (C=O) groups is 4. The monoisotopic (exact) mass is 516 g/mol. The topological polar surface area (TPSA) is 131 Å². The second-order valence-electron chi connectivity index (χ2n) is 9.81. The first-order chi connectivity index (χ1) is 17.9. The van der Waals surface area contributed by atoms with E-state index in [-0.39, 0.29) is 37.7 Å². The largest absolute Gasteiger partial charge is 0.466 e. The van der Waals surface area contributed by atoms with Gasteiger partial charge in [0.2, 0.25) is 11.8 Å². The summed E-state index contributed by atoms with van der Waals surface area (Å²) in [6.45, 7) is 4.60. The summed E-state index contributed by atoms with van der Waals surface area (Å²) < 4.78 is 10.3. The van der Waals surface area contributed by atoms with Crippen LogP contribution in [0.25, 0.3) is 0 Å². The van der Waals surface area contributed by atoms with Crippen molar-refractivity contribution in [3.05, 3.63) is 35.9 Å². The van der Waals surface area contributed by atoms with Gasteiger partial charge in [0.1, 0.15) is 6.61 Å². The Morgan fingerprint density at radius 1 is 1.03 bits per heavy atom. The number of hydrogen-bond acceptors (Lipinski definition) is 7. The van der Waals surface area contributed by atoms with Gasteiger partial charge in [-0.05, 0) is 50.5 Å². The summed E-state index contributed by atoms with van der Waals surface area (Å²) in [7, 11) is 0. The van der Waals surface area contributed by atoms with E-state index in [0.29, 0.717) is 38.5 Å². The quantitative estimate of drug-likeness (QED) is 0.456. The first kappa shape index (κ1) is 28.4. The molecule has 3 N–H and O–H groups in total. The molecule has 2 saturated heterocycles. The highest BCUT2D eigenvalue weighted by atomic mass is 16.6. The number of rotatable bonds is 10. The maximum atomic E-state index is 12.9. The Bertz CT molecular complexity index is 903. The molecule has 204 valence electrons. The van der Waals surface area contributed by atoms with E-state index in [2.05, 4.69) is 5.32 Å². The minimum atomic E-state index is -0.966. The number of nitrogens with one attached hydrogen (secondary N) is 1. The summed E-state index contributed by atoms with van der Waals surface area (Å²) >= 11 is 0. The Kier molecular flexibility index (Phi) is 11.2. The summed E-state index contributed by atoms with van der Waals surface area (Å²) in [6, 6.07) is 8.47. The van der Waals surface area contributed by atoms with E-state index >= 15 is 0 Å². The first-order valence-corrected chi connectivity index (χ1v) is 13.3. The molecule has 2 aliphatic heterocycles. The third-order valence-corrected chi connectivity index (χ3v) is 6.99. The standard InChI is InChI=1S/C27H40N4O6/c1-2-36-25(33)17-23(28)26(34)29-22-9-6-14-31(18-22)24(32)11-10-20-12-15-30(16-13-20)27(35)37-19-21-7-4-3-5-8-21/h3-5,7-8,20,22-23H,2,6,9-19,28H2,1H3,(H,29,34)/t22?,23-/m1/s1. The second kappa shape index (κ2) is 14.6. The maximum Gasteiger partial charge on any atom is 0.410 e. The summed E-state index contributed by atoms with van der Waals surface area (Å²) in [4.78, 5) is 52.7. The molecule has 1 unspecified atom stereocenters. The van der Waals surface area contributed by atoms with Crippen molar-refractivity contribution in [2.45, 2.75) is 70.6 Å². The SMILES string of the molecule is CCOC(=O)C[C@@H](N)C(=O)NC1CCCN(C(=O)CCC2CCN(C(=O)OCc3ccccc3)CC2)C1. The molecule has 0 aliphatic carbocycles. The molecule has 2 heterocycles. The van der Waals surface area contributed by atoms with Crippen molar-refractivity contribution in [3.63, 3.8) is 0 Å². The third-order valence-electron chi connectivity index (χ3n) is 6.99. The average molecular weight is 517 g/mol. The average Bonchev–Trinajstić information content (AvgIpc) is 2.91. The number of carbonyl (C=O) groups excluding carboxylic acids is 4. The molecule has 0 radical (unpaired) electrons. The van der Waals surface area contributed by atoms with Crippen molar-refractivity contribution in [1.29, 1.82) is 0 Å². The predicted molar refractivity (Wildman–Crippen MR) is 137 cm³/mol. The molecule has 0 saturated carbocycles. The zero-order valence-corrected chi connectivity index (χ0v) is 21.7. The summed E-state index contributed by atoms with van der Waals surface area (Å²) in [5.41, 5.74) is 6.80. The van der Waals surface area contributed by atoms with Gasteiger partial charge in [-0.2, -0.15) is 0 Å².